The predicted octanol–water partition coefficient (Wildman–Crippen LogP) is 6.35. The SMILES string of the molecule is CCC1(CC)C[C@@H](NC(=O)CN(c2cccc(Cl)c2C)S(=O)(=O)c2ccc(C)cc2)c2ccccc2O1. The Morgan fingerprint density at radius 3 is 2.38 bits per heavy atom. The summed E-state index contributed by atoms with van der Waals surface area (Å²) in [7, 11) is -4.05. The van der Waals surface area contributed by atoms with Crippen molar-refractivity contribution < 1.29 is 17.9 Å². The van der Waals surface area contributed by atoms with E-state index in [1.807, 2.05) is 31.2 Å². The Bertz CT molecular complexity index is 1390. The predicted molar refractivity (Wildman–Crippen MR) is 148 cm³/mol. The molecule has 196 valence electrons. The summed E-state index contributed by atoms with van der Waals surface area (Å²) in [4.78, 5) is 13.6. The zero-order valence-corrected chi connectivity index (χ0v) is 23.2. The highest BCUT2D eigenvalue weighted by atomic mass is 35.5. The number of nitrogens with zero attached hydrogens (tertiary/aromatic N) is 1. The second-order valence-electron chi connectivity index (χ2n) is 9.56. The van der Waals surface area contributed by atoms with Gasteiger partial charge in [0.05, 0.1) is 16.6 Å². The standard InChI is InChI=1S/C29H33ClN2O4S/c1-5-29(6-2)18-25(23-10-7-8-13-27(23)36-29)31-28(33)19-32(26-12-9-11-24(30)21(26)4)37(34,35)22-16-14-20(3)15-17-22/h7-17,25H,5-6,18-19H2,1-4H3,(H,31,33)/t25-/m1/s1. The number of halogens is 1. The summed E-state index contributed by atoms with van der Waals surface area (Å²) in [5.41, 5.74) is 2.38. The van der Waals surface area contributed by atoms with Crippen LogP contribution >= 0.6 is 11.6 Å². The van der Waals surface area contributed by atoms with E-state index in [9.17, 15) is 13.2 Å². The molecule has 3 aromatic rings. The number of sulfonamides is 1. The van der Waals surface area contributed by atoms with Gasteiger partial charge in [-0.1, -0.05) is 67.4 Å². The number of rotatable bonds is 8. The maximum atomic E-state index is 13.8. The summed E-state index contributed by atoms with van der Waals surface area (Å²) < 4.78 is 35.1. The summed E-state index contributed by atoms with van der Waals surface area (Å²) in [6, 6.07) is 19.0. The number of carbonyl (C=O) groups excluding carboxylic acids is 1. The van der Waals surface area contributed by atoms with Crippen LogP contribution in [-0.2, 0) is 14.8 Å². The van der Waals surface area contributed by atoms with Gasteiger partial charge in [-0.15, -0.1) is 0 Å². The first-order chi connectivity index (χ1) is 17.6. The minimum atomic E-state index is -4.05. The van der Waals surface area contributed by atoms with Crippen molar-refractivity contribution >= 4 is 33.2 Å². The van der Waals surface area contributed by atoms with Gasteiger partial charge in [0.15, 0.2) is 0 Å². The molecule has 1 aliphatic heterocycles. The van der Waals surface area contributed by atoms with Crippen LogP contribution in [0.1, 0.15) is 55.8 Å². The first kappa shape index (κ1) is 27.0. The Kier molecular flexibility index (Phi) is 7.85. The van der Waals surface area contributed by atoms with Crippen molar-refractivity contribution in [3.63, 3.8) is 0 Å². The molecule has 1 atom stereocenters. The lowest BCUT2D eigenvalue weighted by Gasteiger charge is -2.41. The van der Waals surface area contributed by atoms with Gasteiger partial charge in [-0.3, -0.25) is 9.10 Å². The summed E-state index contributed by atoms with van der Waals surface area (Å²) >= 11 is 6.35. The number of benzene rings is 3. The van der Waals surface area contributed by atoms with Gasteiger partial charge in [0.1, 0.15) is 17.9 Å². The van der Waals surface area contributed by atoms with Crippen molar-refractivity contribution in [3.8, 4) is 5.75 Å². The van der Waals surface area contributed by atoms with Crippen LogP contribution in [0, 0.1) is 13.8 Å². The molecule has 0 saturated heterocycles. The number of nitrogens with one attached hydrogen (secondary N) is 1. The Balaban J connectivity index is 1.69. The maximum absolute atomic E-state index is 13.8. The molecule has 0 unspecified atom stereocenters. The molecular formula is C29H33ClN2O4S. The number of anilines is 1. The minimum absolute atomic E-state index is 0.109. The van der Waals surface area contributed by atoms with Gasteiger partial charge in [-0.05, 0) is 62.6 Å². The van der Waals surface area contributed by atoms with Crippen molar-refractivity contribution in [3.05, 3.63) is 88.4 Å². The van der Waals surface area contributed by atoms with Crippen LogP contribution in [-0.4, -0.2) is 26.5 Å². The van der Waals surface area contributed by atoms with E-state index in [0.29, 0.717) is 22.7 Å². The molecular weight excluding hydrogens is 508 g/mol. The van der Waals surface area contributed by atoms with Gasteiger partial charge >= 0.3 is 0 Å². The Morgan fingerprint density at radius 1 is 1.03 bits per heavy atom. The van der Waals surface area contributed by atoms with E-state index in [1.165, 1.54) is 0 Å². The normalized spacial score (nSPS) is 16.4. The molecule has 1 aliphatic rings. The molecule has 8 heteroatoms. The molecule has 0 radical (unpaired) electrons. The van der Waals surface area contributed by atoms with Crippen LogP contribution in [0.2, 0.25) is 5.02 Å². The van der Waals surface area contributed by atoms with Crippen molar-refractivity contribution in [2.75, 3.05) is 10.8 Å². The quantitative estimate of drug-likeness (QED) is 0.361. The fourth-order valence-electron chi connectivity index (χ4n) is 4.80. The number of carbonyl (C=O) groups is 1. The van der Waals surface area contributed by atoms with E-state index < -0.39 is 21.5 Å². The maximum Gasteiger partial charge on any atom is 0.264 e. The van der Waals surface area contributed by atoms with Crippen molar-refractivity contribution in [1.82, 2.24) is 5.32 Å². The van der Waals surface area contributed by atoms with E-state index in [2.05, 4.69) is 19.2 Å². The lowest BCUT2D eigenvalue weighted by molar-refractivity contribution is -0.121. The topological polar surface area (TPSA) is 75.7 Å². The van der Waals surface area contributed by atoms with Crippen LogP contribution < -0.4 is 14.4 Å². The zero-order valence-electron chi connectivity index (χ0n) is 21.6. The van der Waals surface area contributed by atoms with Crippen LogP contribution in [0.3, 0.4) is 0 Å². The first-order valence-corrected chi connectivity index (χ1v) is 14.3. The molecule has 3 aromatic carbocycles. The lowest BCUT2D eigenvalue weighted by atomic mass is 9.83. The third-order valence-electron chi connectivity index (χ3n) is 7.22. The number of hydrogen-bond donors (Lipinski definition) is 1. The molecule has 0 spiro atoms. The number of ether oxygens (including phenoxy) is 1. The first-order valence-electron chi connectivity index (χ1n) is 12.5. The summed E-state index contributed by atoms with van der Waals surface area (Å²) in [5, 5.41) is 3.53. The fraction of sp³-hybridized carbons (Fsp3) is 0.345. The van der Waals surface area contributed by atoms with Crippen molar-refractivity contribution in [2.24, 2.45) is 0 Å². The van der Waals surface area contributed by atoms with E-state index in [4.69, 9.17) is 16.3 Å². The molecule has 1 N–H and O–H groups in total. The number of hydrogen-bond acceptors (Lipinski definition) is 4. The molecule has 6 nitrogen and oxygen atoms in total. The van der Waals surface area contributed by atoms with Gasteiger partial charge in [0, 0.05) is 17.0 Å². The highest BCUT2D eigenvalue weighted by Gasteiger charge is 2.39. The number of aryl methyl sites for hydroxylation is 1. The third kappa shape index (κ3) is 5.48. The smallest absolute Gasteiger partial charge is 0.264 e. The van der Waals surface area contributed by atoms with Crippen LogP contribution in [0.25, 0.3) is 0 Å². The largest absolute Gasteiger partial charge is 0.487 e. The van der Waals surface area contributed by atoms with Gasteiger partial charge < -0.3 is 10.1 Å². The molecule has 4 rings (SSSR count). The van der Waals surface area contributed by atoms with Crippen LogP contribution in [0.15, 0.2) is 71.6 Å². The molecule has 0 saturated carbocycles. The van der Waals surface area contributed by atoms with E-state index >= 15 is 0 Å². The van der Waals surface area contributed by atoms with E-state index in [1.54, 1.807) is 49.4 Å². The average Bonchev–Trinajstić information content (AvgIpc) is 2.89. The molecule has 0 bridgehead atoms. The molecule has 0 aliphatic carbocycles. The monoisotopic (exact) mass is 540 g/mol. The van der Waals surface area contributed by atoms with E-state index in [0.717, 1.165) is 34.0 Å². The highest BCUT2D eigenvalue weighted by molar-refractivity contribution is 7.92. The summed E-state index contributed by atoms with van der Waals surface area (Å²) in [6.45, 7) is 7.41. The number of amides is 1. The highest BCUT2D eigenvalue weighted by Crippen LogP contribution is 2.42. The molecule has 1 heterocycles. The molecule has 0 aromatic heterocycles. The van der Waals surface area contributed by atoms with Crippen molar-refractivity contribution in [1.29, 1.82) is 0 Å². The average molecular weight is 541 g/mol. The Morgan fingerprint density at radius 2 is 1.70 bits per heavy atom. The minimum Gasteiger partial charge on any atom is -0.487 e. The summed E-state index contributed by atoms with van der Waals surface area (Å²) in [6.07, 6.45) is 2.18. The number of para-hydroxylation sites is 1. The summed E-state index contributed by atoms with van der Waals surface area (Å²) in [5.74, 6) is 0.343. The van der Waals surface area contributed by atoms with Crippen LogP contribution in [0.5, 0.6) is 5.75 Å². The van der Waals surface area contributed by atoms with Crippen LogP contribution in [0.4, 0.5) is 5.69 Å². The van der Waals surface area contributed by atoms with Gasteiger partial charge in [0.25, 0.3) is 10.0 Å². The van der Waals surface area contributed by atoms with Gasteiger partial charge in [-0.25, -0.2) is 8.42 Å². The Hall–Kier alpha value is -3.03. The zero-order chi connectivity index (χ0) is 26.8. The third-order valence-corrected chi connectivity index (χ3v) is 9.41. The second-order valence-corrected chi connectivity index (χ2v) is 11.8. The van der Waals surface area contributed by atoms with Crippen molar-refractivity contribution in [2.45, 2.75) is 63.5 Å². The van der Waals surface area contributed by atoms with Gasteiger partial charge in [-0.2, -0.15) is 0 Å². The molecule has 0 fully saturated rings. The van der Waals surface area contributed by atoms with E-state index in [-0.39, 0.29) is 17.5 Å². The Labute approximate surface area is 224 Å². The number of fused-ring (bicyclic) bond motifs is 1. The second kappa shape index (κ2) is 10.8. The van der Waals surface area contributed by atoms with Gasteiger partial charge in [0.2, 0.25) is 5.91 Å². The molecule has 37 heavy (non-hydrogen) atoms. The molecule has 1 amide bonds. The lowest BCUT2D eigenvalue weighted by Crippen LogP contribution is -2.47. The fourth-order valence-corrected chi connectivity index (χ4v) is 6.45.